The van der Waals surface area contributed by atoms with E-state index in [0.29, 0.717) is 40.9 Å². The van der Waals surface area contributed by atoms with Gasteiger partial charge in [0.25, 0.3) is 11.8 Å². The number of carbonyl (C=O) groups is 2. The molecule has 202 valence electrons. The lowest BCUT2D eigenvalue weighted by atomic mass is 9.99. The number of hydrogen-bond donors (Lipinski definition) is 3. The molecule has 0 radical (unpaired) electrons. The summed E-state index contributed by atoms with van der Waals surface area (Å²) < 4.78 is 16.8. The molecular formula is C23H30N10O5. The molecule has 2 aromatic heterocycles. The van der Waals surface area contributed by atoms with Crippen molar-refractivity contribution in [2.75, 3.05) is 32.5 Å². The van der Waals surface area contributed by atoms with Crippen molar-refractivity contribution in [3.63, 3.8) is 0 Å². The number of benzene rings is 1. The first-order chi connectivity index (χ1) is 18.3. The standard InChI is InChI=1S/C23H30N10O5/c1-13-6-8-32(9-7-13)11-16-20(27-31-33(16)22-21(25)29-38-30-22)23(35)28-26-14(2)15-4-5-17(18(10-15)36-3)37-12-19(24)34/h4-5,10,13H,6-9,11-12H2,1-3H3,(H2,24,34)(H2,25,29)(H,28,35)/b26-14-. The number of nitrogens with two attached hydrogens (primary N) is 2. The topological polar surface area (TPSA) is 202 Å². The Balaban J connectivity index is 1.54. The summed E-state index contributed by atoms with van der Waals surface area (Å²) >= 11 is 0. The number of nitrogens with one attached hydrogen (secondary N) is 1. The van der Waals surface area contributed by atoms with Crippen molar-refractivity contribution in [2.45, 2.75) is 33.2 Å². The number of piperidine rings is 1. The lowest BCUT2D eigenvalue weighted by Crippen LogP contribution is -2.34. The monoisotopic (exact) mass is 526 g/mol. The number of hydrazone groups is 1. The molecule has 15 nitrogen and oxygen atoms in total. The molecule has 2 amide bonds. The Morgan fingerprint density at radius 3 is 2.66 bits per heavy atom. The van der Waals surface area contributed by atoms with E-state index in [9.17, 15) is 9.59 Å². The van der Waals surface area contributed by atoms with Crippen molar-refractivity contribution in [1.29, 1.82) is 0 Å². The first-order valence-corrected chi connectivity index (χ1v) is 12.0. The maximum Gasteiger partial charge on any atom is 0.293 e. The van der Waals surface area contributed by atoms with Crippen LogP contribution in [0, 0.1) is 5.92 Å². The van der Waals surface area contributed by atoms with Gasteiger partial charge in [0.15, 0.2) is 23.8 Å². The number of ether oxygens (including phenoxy) is 2. The van der Waals surface area contributed by atoms with E-state index in [-0.39, 0.29) is 23.9 Å². The van der Waals surface area contributed by atoms with Gasteiger partial charge in [-0.2, -0.15) is 9.78 Å². The molecule has 0 saturated carbocycles. The van der Waals surface area contributed by atoms with Crippen molar-refractivity contribution < 1.29 is 23.7 Å². The number of likely N-dealkylation sites (tertiary alicyclic amines) is 1. The second-order valence-electron chi connectivity index (χ2n) is 8.99. The van der Waals surface area contributed by atoms with Gasteiger partial charge in [-0.15, -0.1) is 5.10 Å². The first-order valence-electron chi connectivity index (χ1n) is 12.0. The smallest absolute Gasteiger partial charge is 0.293 e. The minimum Gasteiger partial charge on any atom is -0.493 e. The average Bonchev–Trinajstić information content (AvgIpc) is 3.52. The number of methoxy groups -OCH3 is 1. The molecule has 0 atom stereocenters. The van der Waals surface area contributed by atoms with Gasteiger partial charge >= 0.3 is 0 Å². The van der Waals surface area contributed by atoms with Crippen LogP contribution >= 0.6 is 0 Å². The van der Waals surface area contributed by atoms with Crippen LogP contribution in [0.3, 0.4) is 0 Å². The fourth-order valence-electron chi connectivity index (χ4n) is 3.97. The molecule has 1 fully saturated rings. The van der Waals surface area contributed by atoms with E-state index < -0.39 is 11.8 Å². The van der Waals surface area contributed by atoms with Crippen molar-refractivity contribution >= 4 is 23.3 Å². The Hall–Kier alpha value is -4.53. The Kier molecular flexibility index (Phi) is 8.15. The van der Waals surface area contributed by atoms with Gasteiger partial charge < -0.3 is 20.9 Å². The van der Waals surface area contributed by atoms with Crippen molar-refractivity contribution in [2.24, 2.45) is 16.8 Å². The molecule has 5 N–H and O–H groups in total. The Morgan fingerprint density at radius 2 is 2.00 bits per heavy atom. The molecule has 1 aliphatic heterocycles. The second-order valence-corrected chi connectivity index (χ2v) is 8.99. The third-order valence-electron chi connectivity index (χ3n) is 6.20. The normalized spacial score (nSPS) is 14.9. The van der Waals surface area contributed by atoms with Crippen molar-refractivity contribution in [3.05, 3.63) is 35.2 Å². The van der Waals surface area contributed by atoms with Gasteiger partial charge in [0.2, 0.25) is 11.6 Å². The molecule has 38 heavy (non-hydrogen) atoms. The number of primary amides is 1. The predicted molar refractivity (Wildman–Crippen MR) is 135 cm³/mol. The number of nitrogen functional groups attached to an aromatic ring is 1. The summed E-state index contributed by atoms with van der Waals surface area (Å²) in [5, 5.41) is 19.8. The largest absolute Gasteiger partial charge is 0.493 e. The summed E-state index contributed by atoms with van der Waals surface area (Å²) in [6, 6.07) is 5.00. The van der Waals surface area contributed by atoms with Crippen LogP contribution in [0.2, 0.25) is 0 Å². The molecule has 4 rings (SSSR count). The van der Waals surface area contributed by atoms with E-state index in [4.69, 9.17) is 25.6 Å². The zero-order chi connectivity index (χ0) is 27.2. The third-order valence-corrected chi connectivity index (χ3v) is 6.20. The van der Waals surface area contributed by atoms with Crippen LogP contribution in [-0.4, -0.2) is 74.5 Å². The van der Waals surface area contributed by atoms with Gasteiger partial charge in [-0.05, 0) is 67.3 Å². The van der Waals surface area contributed by atoms with E-state index in [1.54, 1.807) is 25.1 Å². The van der Waals surface area contributed by atoms with Gasteiger partial charge in [0.05, 0.1) is 18.5 Å². The molecule has 1 saturated heterocycles. The lowest BCUT2D eigenvalue weighted by Gasteiger charge is -2.30. The molecular weight excluding hydrogens is 496 g/mol. The van der Waals surface area contributed by atoms with Gasteiger partial charge in [-0.1, -0.05) is 12.1 Å². The molecule has 3 aromatic rings. The molecule has 15 heteroatoms. The highest BCUT2D eigenvalue weighted by molar-refractivity contribution is 6.01. The summed E-state index contributed by atoms with van der Waals surface area (Å²) in [7, 11) is 1.47. The van der Waals surface area contributed by atoms with Crippen LogP contribution in [0.4, 0.5) is 5.82 Å². The van der Waals surface area contributed by atoms with Crippen LogP contribution < -0.4 is 26.4 Å². The van der Waals surface area contributed by atoms with Gasteiger partial charge in [0, 0.05) is 12.1 Å². The highest BCUT2D eigenvalue weighted by Crippen LogP contribution is 2.28. The second kappa shape index (κ2) is 11.7. The molecule has 1 aliphatic rings. The number of aromatic nitrogens is 5. The third kappa shape index (κ3) is 6.05. The fourth-order valence-corrected chi connectivity index (χ4v) is 3.97. The summed E-state index contributed by atoms with van der Waals surface area (Å²) in [5.74, 6) is 0.395. The van der Waals surface area contributed by atoms with Gasteiger partial charge in [0.1, 0.15) is 0 Å². The highest BCUT2D eigenvalue weighted by Gasteiger charge is 2.27. The molecule has 0 bridgehead atoms. The van der Waals surface area contributed by atoms with E-state index in [1.165, 1.54) is 11.8 Å². The maximum absolute atomic E-state index is 13.2. The van der Waals surface area contributed by atoms with Crippen LogP contribution in [0.5, 0.6) is 11.5 Å². The molecule has 0 unspecified atom stereocenters. The minimum atomic E-state index is -0.606. The van der Waals surface area contributed by atoms with Crippen LogP contribution in [0.15, 0.2) is 27.9 Å². The maximum atomic E-state index is 13.2. The number of amides is 2. The van der Waals surface area contributed by atoms with Crippen LogP contribution in [-0.2, 0) is 11.3 Å². The van der Waals surface area contributed by atoms with E-state index in [2.05, 4.69) is 43.0 Å². The predicted octanol–water partition coefficient (Wildman–Crippen LogP) is 0.491. The number of anilines is 1. The van der Waals surface area contributed by atoms with Crippen LogP contribution in [0.25, 0.3) is 5.82 Å². The highest BCUT2D eigenvalue weighted by atomic mass is 16.6. The Morgan fingerprint density at radius 1 is 1.24 bits per heavy atom. The minimum absolute atomic E-state index is 0.0291. The van der Waals surface area contributed by atoms with Crippen molar-refractivity contribution in [1.82, 2.24) is 35.6 Å². The summed E-state index contributed by atoms with van der Waals surface area (Å²) in [5.41, 5.74) is 15.3. The zero-order valence-corrected chi connectivity index (χ0v) is 21.4. The number of rotatable bonds is 10. The molecule has 3 heterocycles. The van der Waals surface area contributed by atoms with Crippen LogP contribution in [0.1, 0.15) is 48.4 Å². The summed E-state index contributed by atoms with van der Waals surface area (Å²) in [6.07, 6.45) is 2.10. The first kappa shape index (κ1) is 26.5. The number of carbonyl (C=O) groups excluding carboxylic acids is 2. The van der Waals surface area contributed by atoms with Gasteiger partial charge in [-0.3, -0.25) is 14.5 Å². The number of nitrogens with zero attached hydrogens (tertiary/aromatic N) is 7. The quantitative estimate of drug-likeness (QED) is 0.245. The molecule has 0 spiro atoms. The fraction of sp³-hybridized carbons (Fsp3) is 0.435. The van der Waals surface area contributed by atoms with E-state index in [0.717, 1.165) is 25.9 Å². The summed E-state index contributed by atoms with van der Waals surface area (Å²) in [6.45, 7) is 5.81. The number of hydrogen-bond acceptors (Lipinski definition) is 12. The molecule has 0 aliphatic carbocycles. The van der Waals surface area contributed by atoms with E-state index >= 15 is 0 Å². The SMILES string of the molecule is COc1cc(/C(C)=N\NC(=O)c2nnn(-c3nonc3N)c2CN2CCC(C)CC2)ccc1OCC(N)=O. The average molecular weight is 527 g/mol. The van der Waals surface area contributed by atoms with Gasteiger partial charge in [-0.25, -0.2) is 10.1 Å². The van der Waals surface area contributed by atoms with Crippen molar-refractivity contribution in [3.8, 4) is 17.3 Å². The molecule has 1 aromatic carbocycles. The Bertz CT molecular complexity index is 1330. The lowest BCUT2D eigenvalue weighted by molar-refractivity contribution is -0.119. The van der Waals surface area contributed by atoms with E-state index in [1.807, 2.05) is 0 Å². The summed E-state index contributed by atoms with van der Waals surface area (Å²) in [4.78, 5) is 26.4. The zero-order valence-electron chi connectivity index (χ0n) is 21.4. The Labute approximate surface area is 218 Å².